The molecule has 4 unspecified atom stereocenters. The summed E-state index contributed by atoms with van der Waals surface area (Å²) in [6.45, 7) is -0.614. The Morgan fingerprint density at radius 2 is 1.16 bits per heavy atom. The second-order valence-corrected chi connectivity index (χ2v) is 10.3. The van der Waals surface area contributed by atoms with Crippen LogP contribution in [0.4, 0.5) is 0 Å². The fourth-order valence-corrected chi connectivity index (χ4v) is 4.74. The lowest BCUT2D eigenvalue weighted by atomic mass is 10.0. The molecule has 0 aliphatic heterocycles. The topological polar surface area (TPSA) is 187 Å². The van der Waals surface area contributed by atoms with Crippen LogP contribution in [-0.4, -0.2) is 69.7 Å². The number of nitrogens with one attached hydrogen (secondary N) is 4. The number of aliphatic hydroxyl groups excluding tert-OH is 1. The number of nitrogens with two attached hydrogens (primary N) is 1. The van der Waals surface area contributed by atoms with Gasteiger partial charge in [0.25, 0.3) is 0 Å². The van der Waals surface area contributed by atoms with Crippen molar-refractivity contribution in [1.82, 2.24) is 20.9 Å². The quantitative estimate of drug-likeness (QED) is 0.115. The van der Waals surface area contributed by atoms with E-state index in [1.807, 2.05) is 36.4 Å². The van der Waals surface area contributed by atoms with Gasteiger partial charge in [-0.15, -0.1) is 0 Å². The van der Waals surface area contributed by atoms with Crippen LogP contribution in [-0.2, 0) is 38.4 Å². The Labute approximate surface area is 248 Å². The molecule has 0 radical (unpaired) electrons. The number of carboxylic acids is 1. The van der Waals surface area contributed by atoms with Gasteiger partial charge in [0.05, 0.1) is 6.61 Å². The molecule has 0 aliphatic carbocycles. The number of carbonyl (C=O) groups is 4. The van der Waals surface area contributed by atoms with E-state index in [1.54, 1.807) is 54.7 Å². The summed E-state index contributed by atoms with van der Waals surface area (Å²) in [5, 5.41) is 28.0. The lowest BCUT2D eigenvalue weighted by Crippen LogP contribution is -2.58. The number of aliphatic hydroxyl groups is 1. The van der Waals surface area contributed by atoms with Crippen LogP contribution in [0.25, 0.3) is 10.9 Å². The molecule has 43 heavy (non-hydrogen) atoms. The number of aromatic amines is 1. The molecule has 3 aromatic carbocycles. The first kappa shape index (κ1) is 30.9. The average Bonchev–Trinajstić information content (AvgIpc) is 3.43. The third-order valence-corrected chi connectivity index (χ3v) is 7.08. The molecule has 1 heterocycles. The number of rotatable bonds is 14. The third kappa shape index (κ3) is 8.51. The Kier molecular flexibility index (Phi) is 10.6. The zero-order valence-corrected chi connectivity index (χ0v) is 23.4. The van der Waals surface area contributed by atoms with Crippen LogP contribution >= 0.6 is 0 Å². The molecule has 4 atom stereocenters. The molecular weight excluding hydrogens is 550 g/mol. The number of H-pyrrole nitrogens is 1. The van der Waals surface area contributed by atoms with Crippen LogP contribution in [0.15, 0.2) is 91.1 Å². The number of para-hydroxylation sites is 1. The minimum atomic E-state index is -1.27. The van der Waals surface area contributed by atoms with E-state index in [1.165, 1.54) is 0 Å². The fraction of sp³-hybridized carbons (Fsp3) is 0.250. The van der Waals surface area contributed by atoms with Crippen molar-refractivity contribution in [1.29, 1.82) is 0 Å². The second-order valence-electron chi connectivity index (χ2n) is 10.3. The van der Waals surface area contributed by atoms with Gasteiger partial charge in [0.1, 0.15) is 24.2 Å². The summed E-state index contributed by atoms with van der Waals surface area (Å²) in [5.41, 5.74) is 8.71. The maximum Gasteiger partial charge on any atom is 0.326 e. The van der Waals surface area contributed by atoms with Crippen LogP contribution < -0.4 is 21.7 Å². The van der Waals surface area contributed by atoms with E-state index >= 15 is 0 Å². The van der Waals surface area contributed by atoms with Gasteiger partial charge in [-0.3, -0.25) is 14.4 Å². The maximum absolute atomic E-state index is 13.6. The Hall–Kier alpha value is -5.00. The fourth-order valence-electron chi connectivity index (χ4n) is 4.74. The predicted octanol–water partition coefficient (Wildman–Crippen LogP) is 1.05. The van der Waals surface area contributed by atoms with Crippen LogP contribution in [0.1, 0.15) is 16.7 Å². The van der Waals surface area contributed by atoms with Gasteiger partial charge in [-0.1, -0.05) is 78.9 Å². The van der Waals surface area contributed by atoms with Crippen molar-refractivity contribution in [3.8, 4) is 0 Å². The van der Waals surface area contributed by atoms with Crippen molar-refractivity contribution in [3.05, 3.63) is 108 Å². The molecule has 224 valence electrons. The lowest BCUT2D eigenvalue weighted by Gasteiger charge is -2.25. The van der Waals surface area contributed by atoms with Gasteiger partial charge >= 0.3 is 5.97 Å². The lowest BCUT2D eigenvalue weighted by molar-refractivity contribution is -0.142. The molecule has 0 bridgehead atoms. The number of carboxylic acid groups (broad SMARTS) is 1. The summed E-state index contributed by atoms with van der Waals surface area (Å²) in [6, 6.07) is 20.6. The Morgan fingerprint density at radius 3 is 1.70 bits per heavy atom. The molecule has 4 rings (SSSR count). The van der Waals surface area contributed by atoms with E-state index in [2.05, 4.69) is 20.9 Å². The first-order valence-corrected chi connectivity index (χ1v) is 13.9. The van der Waals surface area contributed by atoms with E-state index in [9.17, 15) is 29.4 Å². The minimum Gasteiger partial charge on any atom is -0.480 e. The number of carbonyl (C=O) groups excluding carboxylic acids is 3. The molecular formula is C32H35N5O6. The number of aliphatic carboxylic acids is 1. The highest BCUT2D eigenvalue weighted by atomic mass is 16.4. The average molecular weight is 586 g/mol. The summed E-state index contributed by atoms with van der Waals surface area (Å²) in [7, 11) is 0. The number of hydrogen-bond acceptors (Lipinski definition) is 6. The normalized spacial score (nSPS) is 13.8. The number of benzene rings is 3. The summed E-state index contributed by atoms with van der Waals surface area (Å²) < 4.78 is 0. The van der Waals surface area contributed by atoms with Crippen molar-refractivity contribution >= 4 is 34.6 Å². The van der Waals surface area contributed by atoms with Crippen LogP contribution in [0.5, 0.6) is 0 Å². The predicted molar refractivity (Wildman–Crippen MR) is 161 cm³/mol. The number of fused-ring (bicyclic) bond motifs is 1. The minimum absolute atomic E-state index is 0.0167. The number of hydrogen-bond donors (Lipinski definition) is 7. The maximum atomic E-state index is 13.6. The standard InChI is InChI=1S/C32H35N5O6/c33-24(19-38)29(39)35-26(15-20-9-3-1-4-10-20)30(40)36-27(16-21-11-5-2-6-12-21)31(41)37-28(32(42)43)17-22-18-34-25-14-8-7-13-23(22)25/h1-14,18,24,26-28,34,38H,15-17,19,33H2,(H,35,39)(H,36,40)(H,37,41)(H,42,43). The Bertz CT molecular complexity index is 1540. The van der Waals surface area contributed by atoms with Gasteiger partial charge in [0, 0.05) is 36.4 Å². The Morgan fingerprint density at radius 1 is 0.674 bits per heavy atom. The molecule has 11 heteroatoms. The van der Waals surface area contributed by atoms with E-state index in [-0.39, 0.29) is 19.3 Å². The highest BCUT2D eigenvalue weighted by Gasteiger charge is 2.31. The van der Waals surface area contributed by atoms with Gasteiger partial charge in [-0.2, -0.15) is 0 Å². The van der Waals surface area contributed by atoms with Gasteiger partial charge in [-0.25, -0.2) is 4.79 Å². The number of amides is 3. The van der Waals surface area contributed by atoms with Crippen LogP contribution in [0.3, 0.4) is 0 Å². The van der Waals surface area contributed by atoms with Gasteiger partial charge < -0.3 is 36.9 Å². The molecule has 0 fully saturated rings. The highest BCUT2D eigenvalue weighted by Crippen LogP contribution is 2.19. The van der Waals surface area contributed by atoms with E-state index in [4.69, 9.17) is 5.73 Å². The van der Waals surface area contributed by atoms with Crippen LogP contribution in [0.2, 0.25) is 0 Å². The van der Waals surface area contributed by atoms with E-state index in [0.29, 0.717) is 0 Å². The molecule has 4 aromatic rings. The van der Waals surface area contributed by atoms with E-state index in [0.717, 1.165) is 27.6 Å². The van der Waals surface area contributed by atoms with Crippen molar-refractivity contribution in [2.75, 3.05) is 6.61 Å². The van der Waals surface area contributed by atoms with Crippen molar-refractivity contribution in [2.45, 2.75) is 43.4 Å². The molecule has 0 saturated heterocycles. The highest BCUT2D eigenvalue weighted by molar-refractivity contribution is 5.94. The zero-order chi connectivity index (χ0) is 30.8. The molecule has 0 saturated carbocycles. The smallest absolute Gasteiger partial charge is 0.326 e. The monoisotopic (exact) mass is 585 g/mol. The van der Waals surface area contributed by atoms with Gasteiger partial charge in [-0.05, 0) is 22.8 Å². The SMILES string of the molecule is NC(CO)C(=O)NC(Cc1ccccc1)C(=O)NC(Cc1ccccc1)C(=O)NC(Cc1c[nH]c2ccccc12)C(=O)O. The third-order valence-electron chi connectivity index (χ3n) is 7.08. The van der Waals surface area contributed by atoms with Crippen molar-refractivity contribution in [2.24, 2.45) is 5.73 Å². The largest absolute Gasteiger partial charge is 0.480 e. The summed E-state index contributed by atoms with van der Waals surface area (Å²) >= 11 is 0. The second kappa shape index (κ2) is 14.8. The molecule has 0 spiro atoms. The van der Waals surface area contributed by atoms with Crippen molar-refractivity contribution < 1.29 is 29.4 Å². The number of aromatic nitrogens is 1. The first-order valence-electron chi connectivity index (χ1n) is 13.9. The summed E-state index contributed by atoms with van der Waals surface area (Å²) in [6.07, 6.45) is 1.89. The molecule has 11 nitrogen and oxygen atoms in total. The van der Waals surface area contributed by atoms with Crippen LogP contribution in [0, 0.1) is 0 Å². The van der Waals surface area contributed by atoms with Gasteiger partial charge in [0.2, 0.25) is 17.7 Å². The summed E-state index contributed by atoms with van der Waals surface area (Å²) in [5.74, 6) is -3.31. The zero-order valence-electron chi connectivity index (χ0n) is 23.4. The molecule has 1 aromatic heterocycles. The van der Waals surface area contributed by atoms with E-state index < -0.39 is 54.5 Å². The molecule has 3 amide bonds. The molecule has 8 N–H and O–H groups in total. The Balaban J connectivity index is 1.56. The summed E-state index contributed by atoms with van der Waals surface area (Å²) in [4.78, 5) is 55.1. The van der Waals surface area contributed by atoms with Crippen molar-refractivity contribution in [3.63, 3.8) is 0 Å². The molecule has 0 aliphatic rings. The van der Waals surface area contributed by atoms with Gasteiger partial charge in [0.15, 0.2) is 0 Å². The first-order chi connectivity index (χ1) is 20.7.